The molecule has 1 atom stereocenters. The van der Waals surface area contributed by atoms with E-state index in [0.29, 0.717) is 24.7 Å². The summed E-state index contributed by atoms with van der Waals surface area (Å²) >= 11 is 1.58. The van der Waals surface area contributed by atoms with Gasteiger partial charge < -0.3 is 15.5 Å². The van der Waals surface area contributed by atoms with E-state index in [4.69, 9.17) is 0 Å². The summed E-state index contributed by atoms with van der Waals surface area (Å²) in [6.45, 7) is 2.80. The molecule has 1 saturated heterocycles. The number of hydrogen-bond acceptors (Lipinski definition) is 4. The molecular formula is C13H18N4O2S. The number of urea groups is 1. The number of aromatic nitrogens is 1. The second kappa shape index (κ2) is 7.14. The first-order valence-electron chi connectivity index (χ1n) is 6.52. The Bertz CT molecular complexity index is 469. The molecule has 0 unspecified atom stereocenters. The average molecular weight is 294 g/mol. The van der Waals surface area contributed by atoms with Crippen molar-refractivity contribution in [1.82, 2.24) is 20.5 Å². The fourth-order valence-corrected chi connectivity index (χ4v) is 3.06. The highest BCUT2D eigenvalue weighted by atomic mass is 32.2. The van der Waals surface area contributed by atoms with E-state index in [9.17, 15) is 9.59 Å². The van der Waals surface area contributed by atoms with E-state index in [1.807, 2.05) is 25.1 Å². The standard InChI is InChI=1S/C13H18N4O2S/c1-2-14-13(19)17-9-20-8-11(17)12(18)16-7-10-5-3-4-6-15-10/h3-6,11H,2,7-9H2,1H3,(H,14,19)(H,16,18)/t11-/m0/s1. The molecular weight excluding hydrogens is 276 g/mol. The molecule has 2 N–H and O–H groups in total. The van der Waals surface area contributed by atoms with E-state index in [1.165, 1.54) is 0 Å². The van der Waals surface area contributed by atoms with Gasteiger partial charge in [-0.05, 0) is 19.1 Å². The van der Waals surface area contributed by atoms with E-state index in [-0.39, 0.29) is 11.9 Å². The van der Waals surface area contributed by atoms with E-state index in [2.05, 4.69) is 15.6 Å². The van der Waals surface area contributed by atoms with Gasteiger partial charge in [-0.1, -0.05) is 6.07 Å². The Morgan fingerprint density at radius 2 is 2.30 bits per heavy atom. The third kappa shape index (κ3) is 3.63. The normalized spacial score (nSPS) is 17.9. The van der Waals surface area contributed by atoms with Crippen molar-refractivity contribution in [3.63, 3.8) is 0 Å². The predicted molar refractivity (Wildman–Crippen MR) is 78.1 cm³/mol. The molecule has 1 fully saturated rings. The fraction of sp³-hybridized carbons (Fsp3) is 0.462. The number of nitrogens with one attached hydrogen (secondary N) is 2. The molecule has 0 saturated carbocycles. The van der Waals surface area contributed by atoms with E-state index < -0.39 is 6.04 Å². The number of hydrogen-bond donors (Lipinski definition) is 2. The molecule has 7 heteroatoms. The lowest BCUT2D eigenvalue weighted by Gasteiger charge is -2.23. The first-order valence-corrected chi connectivity index (χ1v) is 7.67. The fourth-order valence-electron chi connectivity index (χ4n) is 1.91. The Labute approximate surface area is 122 Å². The molecule has 0 aliphatic carbocycles. The molecule has 0 aromatic carbocycles. The molecule has 1 aliphatic rings. The third-order valence-corrected chi connectivity index (χ3v) is 3.96. The summed E-state index contributed by atoms with van der Waals surface area (Å²) in [5.41, 5.74) is 0.802. The molecule has 20 heavy (non-hydrogen) atoms. The van der Waals surface area contributed by atoms with Crippen LogP contribution in [0.5, 0.6) is 0 Å². The molecule has 0 spiro atoms. The van der Waals surface area contributed by atoms with Crippen molar-refractivity contribution < 1.29 is 9.59 Å². The van der Waals surface area contributed by atoms with E-state index >= 15 is 0 Å². The average Bonchev–Trinajstić information content (AvgIpc) is 2.96. The van der Waals surface area contributed by atoms with Crippen molar-refractivity contribution in [1.29, 1.82) is 0 Å². The summed E-state index contributed by atoms with van der Waals surface area (Å²) in [4.78, 5) is 29.7. The van der Waals surface area contributed by atoms with Crippen LogP contribution >= 0.6 is 11.8 Å². The van der Waals surface area contributed by atoms with Gasteiger partial charge in [-0.3, -0.25) is 9.78 Å². The van der Waals surface area contributed by atoms with Crippen molar-refractivity contribution in [2.45, 2.75) is 19.5 Å². The van der Waals surface area contributed by atoms with Crippen molar-refractivity contribution in [3.05, 3.63) is 30.1 Å². The Morgan fingerprint density at radius 3 is 3.00 bits per heavy atom. The Kier molecular flexibility index (Phi) is 5.23. The molecule has 1 aliphatic heterocycles. The second-order valence-electron chi connectivity index (χ2n) is 4.36. The maximum atomic E-state index is 12.2. The van der Waals surface area contributed by atoms with Crippen LogP contribution in [0.3, 0.4) is 0 Å². The second-order valence-corrected chi connectivity index (χ2v) is 5.36. The Balaban J connectivity index is 1.89. The van der Waals surface area contributed by atoms with Gasteiger partial charge >= 0.3 is 6.03 Å². The summed E-state index contributed by atoms with van der Waals surface area (Å²) in [5.74, 6) is 1.05. The maximum absolute atomic E-state index is 12.2. The number of nitrogens with zero attached hydrogens (tertiary/aromatic N) is 2. The van der Waals surface area contributed by atoms with Crippen molar-refractivity contribution in [2.75, 3.05) is 18.2 Å². The highest BCUT2D eigenvalue weighted by Gasteiger charge is 2.34. The molecule has 0 radical (unpaired) electrons. The van der Waals surface area contributed by atoms with Crippen LogP contribution in [0.15, 0.2) is 24.4 Å². The quantitative estimate of drug-likeness (QED) is 0.861. The summed E-state index contributed by atoms with van der Waals surface area (Å²) in [5, 5.41) is 5.56. The van der Waals surface area contributed by atoms with E-state index in [1.54, 1.807) is 22.9 Å². The minimum Gasteiger partial charge on any atom is -0.349 e. The summed E-state index contributed by atoms with van der Waals surface area (Å²) < 4.78 is 0. The number of amides is 3. The van der Waals surface area contributed by atoms with Crippen LogP contribution in [0.2, 0.25) is 0 Å². The van der Waals surface area contributed by atoms with Crippen molar-refractivity contribution >= 4 is 23.7 Å². The van der Waals surface area contributed by atoms with Gasteiger partial charge in [0.25, 0.3) is 0 Å². The smallest absolute Gasteiger partial charge is 0.318 e. The molecule has 2 heterocycles. The van der Waals surface area contributed by atoms with Gasteiger partial charge in [0.2, 0.25) is 5.91 Å². The zero-order chi connectivity index (χ0) is 14.4. The first kappa shape index (κ1) is 14.6. The van der Waals surface area contributed by atoms with Gasteiger partial charge in [0.05, 0.1) is 18.1 Å². The summed E-state index contributed by atoms with van der Waals surface area (Å²) in [6.07, 6.45) is 1.69. The first-order chi connectivity index (χ1) is 9.72. The Hall–Kier alpha value is -1.76. The lowest BCUT2D eigenvalue weighted by Crippen LogP contribution is -2.50. The molecule has 3 amide bonds. The van der Waals surface area contributed by atoms with Gasteiger partial charge in [-0.25, -0.2) is 4.79 Å². The molecule has 0 bridgehead atoms. The van der Waals surface area contributed by atoms with Crippen LogP contribution in [0, 0.1) is 0 Å². The van der Waals surface area contributed by atoms with Crippen LogP contribution < -0.4 is 10.6 Å². The van der Waals surface area contributed by atoms with Gasteiger partial charge in [0, 0.05) is 18.5 Å². The van der Waals surface area contributed by atoms with Crippen LogP contribution in [-0.2, 0) is 11.3 Å². The molecule has 6 nitrogen and oxygen atoms in total. The van der Waals surface area contributed by atoms with Gasteiger partial charge in [-0.15, -0.1) is 11.8 Å². The Morgan fingerprint density at radius 1 is 1.45 bits per heavy atom. The lowest BCUT2D eigenvalue weighted by molar-refractivity contribution is -0.124. The largest absolute Gasteiger partial charge is 0.349 e. The van der Waals surface area contributed by atoms with Crippen LogP contribution in [0.4, 0.5) is 4.79 Å². The number of rotatable bonds is 4. The minimum absolute atomic E-state index is 0.132. The predicted octanol–water partition coefficient (Wildman–Crippen LogP) is 0.802. The highest BCUT2D eigenvalue weighted by molar-refractivity contribution is 7.99. The third-order valence-electron chi connectivity index (χ3n) is 2.94. The van der Waals surface area contributed by atoms with Crippen LogP contribution in [-0.4, -0.2) is 46.0 Å². The molecule has 2 rings (SSSR count). The zero-order valence-electron chi connectivity index (χ0n) is 11.3. The van der Waals surface area contributed by atoms with Crippen LogP contribution in [0.1, 0.15) is 12.6 Å². The zero-order valence-corrected chi connectivity index (χ0v) is 12.2. The van der Waals surface area contributed by atoms with Crippen molar-refractivity contribution in [3.8, 4) is 0 Å². The number of carbonyl (C=O) groups is 2. The summed E-state index contributed by atoms with van der Waals surface area (Å²) in [6, 6.07) is 4.97. The minimum atomic E-state index is -0.407. The number of carbonyl (C=O) groups excluding carboxylic acids is 2. The van der Waals surface area contributed by atoms with Gasteiger partial charge in [-0.2, -0.15) is 0 Å². The lowest BCUT2D eigenvalue weighted by atomic mass is 10.2. The summed E-state index contributed by atoms with van der Waals surface area (Å²) in [7, 11) is 0. The van der Waals surface area contributed by atoms with Gasteiger partial charge in [0.1, 0.15) is 6.04 Å². The van der Waals surface area contributed by atoms with E-state index in [0.717, 1.165) is 5.69 Å². The highest BCUT2D eigenvalue weighted by Crippen LogP contribution is 2.20. The number of pyridine rings is 1. The monoisotopic (exact) mass is 294 g/mol. The topological polar surface area (TPSA) is 74.3 Å². The van der Waals surface area contributed by atoms with Crippen molar-refractivity contribution in [2.24, 2.45) is 0 Å². The van der Waals surface area contributed by atoms with Crippen LogP contribution in [0.25, 0.3) is 0 Å². The molecule has 1 aromatic heterocycles. The number of thioether (sulfide) groups is 1. The maximum Gasteiger partial charge on any atom is 0.318 e. The molecule has 1 aromatic rings. The van der Waals surface area contributed by atoms with Gasteiger partial charge in [0.15, 0.2) is 0 Å². The molecule has 108 valence electrons. The SMILES string of the molecule is CCNC(=O)N1CSC[C@H]1C(=O)NCc1ccccn1.